The second-order valence-corrected chi connectivity index (χ2v) is 5.26. The highest BCUT2D eigenvalue weighted by Gasteiger charge is 2.35. The standard InChI is InChI=1S/C11H11ClN4O3S/c1-5-9(18)14-7(17)4-16(5)10(19)8-6(12)3-13-11(15-8)20-2/h3,5H,4H2,1-2H3,(H,14,17,18). The first-order valence-corrected chi connectivity index (χ1v) is 7.25. The summed E-state index contributed by atoms with van der Waals surface area (Å²) in [5, 5.41) is 2.63. The van der Waals surface area contributed by atoms with E-state index in [0.29, 0.717) is 5.16 Å². The zero-order chi connectivity index (χ0) is 14.9. The molecule has 2 rings (SSSR count). The maximum atomic E-state index is 12.4. The van der Waals surface area contributed by atoms with E-state index in [0.717, 1.165) is 4.90 Å². The van der Waals surface area contributed by atoms with Crippen molar-refractivity contribution in [2.75, 3.05) is 12.8 Å². The third kappa shape index (κ3) is 2.75. The second kappa shape index (κ2) is 5.76. The predicted molar refractivity (Wildman–Crippen MR) is 72.5 cm³/mol. The molecule has 1 N–H and O–H groups in total. The summed E-state index contributed by atoms with van der Waals surface area (Å²) in [6.07, 6.45) is 3.09. The van der Waals surface area contributed by atoms with Crippen molar-refractivity contribution in [1.29, 1.82) is 0 Å². The van der Waals surface area contributed by atoms with Crippen molar-refractivity contribution in [3.05, 3.63) is 16.9 Å². The van der Waals surface area contributed by atoms with Gasteiger partial charge in [0.25, 0.3) is 5.91 Å². The highest BCUT2D eigenvalue weighted by Crippen LogP contribution is 2.19. The lowest BCUT2D eigenvalue weighted by molar-refractivity contribution is -0.138. The van der Waals surface area contributed by atoms with Gasteiger partial charge in [0.05, 0.1) is 11.2 Å². The molecule has 0 spiro atoms. The molecule has 1 aliphatic rings. The van der Waals surface area contributed by atoms with Crippen molar-refractivity contribution in [2.24, 2.45) is 0 Å². The fourth-order valence-electron chi connectivity index (χ4n) is 1.70. The summed E-state index contributed by atoms with van der Waals surface area (Å²) >= 11 is 7.18. The van der Waals surface area contributed by atoms with E-state index in [4.69, 9.17) is 11.6 Å². The van der Waals surface area contributed by atoms with E-state index in [2.05, 4.69) is 15.3 Å². The summed E-state index contributed by atoms with van der Waals surface area (Å²) in [5.74, 6) is -1.62. The van der Waals surface area contributed by atoms with Crippen molar-refractivity contribution >= 4 is 41.1 Å². The van der Waals surface area contributed by atoms with Gasteiger partial charge in [0.1, 0.15) is 12.6 Å². The average Bonchev–Trinajstić information content (AvgIpc) is 2.42. The summed E-state index contributed by atoms with van der Waals surface area (Å²) < 4.78 is 0. The first kappa shape index (κ1) is 14.7. The summed E-state index contributed by atoms with van der Waals surface area (Å²) in [4.78, 5) is 44.5. The van der Waals surface area contributed by atoms with E-state index in [-0.39, 0.29) is 17.3 Å². The third-order valence-corrected chi connectivity index (χ3v) is 3.63. The highest BCUT2D eigenvalue weighted by atomic mass is 35.5. The number of hydrogen-bond acceptors (Lipinski definition) is 6. The number of carbonyl (C=O) groups is 3. The van der Waals surface area contributed by atoms with Crippen LogP contribution in [0.1, 0.15) is 17.4 Å². The molecule has 0 radical (unpaired) electrons. The van der Waals surface area contributed by atoms with Crippen LogP contribution >= 0.6 is 23.4 Å². The molecule has 106 valence electrons. The zero-order valence-electron chi connectivity index (χ0n) is 10.7. The van der Waals surface area contributed by atoms with Crippen molar-refractivity contribution in [2.45, 2.75) is 18.1 Å². The number of rotatable bonds is 2. The van der Waals surface area contributed by atoms with E-state index in [1.54, 1.807) is 6.26 Å². The Hall–Kier alpha value is -1.67. The lowest BCUT2D eigenvalue weighted by Gasteiger charge is -2.31. The molecule has 20 heavy (non-hydrogen) atoms. The van der Waals surface area contributed by atoms with E-state index in [1.807, 2.05) is 0 Å². The van der Waals surface area contributed by atoms with Gasteiger partial charge in [-0.1, -0.05) is 23.4 Å². The molecule has 0 bridgehead atoms. The maximum absolute atomic E-state index is 12.4. The number of halogens is 1. The molecule has 1 saturated heterocycles. The normalized spacial score (nSPS) is 18.9. The molecule has 1 unspecified atom stereocenters. The maximum Gasteiger partial charge on any atom is 0.275 e. The minimum Gasteiger partial charge on any atom is -0.316 e. The van der Waals surface area contributed by atoms with Crippen LogP contribution in [-0.2, 0) is 9.59 Å². The molecule has 2 heterocycles. The number of nitrogens with one attached hydrogen (secondary N) is 1. The lowest BCUT2D eigenvalue weighted by atomic mass is 10.2. The molecule has 7 nitrogen and oxygen atoms in total. The minimum atomic E-state index is -0.760. The Kier molecular flexibility index (Phi) is 4.24. The summed E-state index contributed by atoms with van der Waals surface area (Å²) in [7, 11) is 0. The fourth-order valence-corrected chi connectivity index (χ4v) is 2.21. The Labute approximate surface area is 124 Å². The van der Waals surface area contributed by atoms with Gasteiger partial charge < -0.3 is 4.90 Å². The molecule has 0 saturated carbocycles. The molecule has 0 aromatic carbocycles. The van der Waals surface area contributed by atoms with E-state index >= 15 is 0 Å². The molecular weight excluding hydrogens is 304 g/mol. The molecule has 1 fully saturated rings. The second-order valence-electron chi connectivity index (χ2n) is 4.07. The quantitative estimate of drug-likeness (QED) is 0.481. The molecule has 1 aliphatic heterocycles. The Morgan fingerprint density at radius 3 is 2.90 bits per heavy atom. The van der Waals surface area contributed by atoms with Crippen molar-refractivity contribution in [1.82, 2.24) is 20.2 Å². The summed E-state index contributed by atoms with van der Waals surface area (Å²) in [5.41, 5.74) is -0.0135. The van der Waals surface area contributed by atoms with Crippen LogP contribution in [0.2, 0.25) is 5.02 Å². The number of thioether (sulfide) groups is 1. The number of nitrogens with zero attached hydrogens (tertiary/aromatic N) is 3. The van der Waals surface area contributed by atoms with Gasteiger partial charge in [0.15, 0.2) is 10.9 Å². The number of hydrogen-bond donors (Lipinski definition) is 1. The summed E-state index contributed by atoms with van der Waals surface area (Å²) in [6, 6.07) is -0.760. The monoisotopic (exact) mass is 314 g/mol. The Balaban J connectivity index is 2.35. The SMILES string of the molecule is CSc1ncc(Cl)c(C(=O)N2CC(=O)NC(=O)C2C)n1. The predicted octanol–water partition coefficient (Wildman–Crippen LogP) is 0.339. The van der Waals surface area contributed by atoms with Crippen LogP contribution in [0.5, 0.6) is 0 Å². The van der Waals surface area contributed by atoms with Crippen LogP contribution in [0.25, 0.3) is 0 Å². The molecule has 1 aromatic rings. The molecule has 1 aromatic heterocycles. The Morgan fingerprint density at radius 2 is 2.25 bits per heavy atom. The first-order chi connectivity index (χ1) is 9.43. The van der Waals surface area contributed by atoms with E-state index in [9.17, 15) is 14.4 Å². The van der Waals surface area contributed by atoms with Gasteiger partial charge in [-0.2, -0.15) is 0 Å². The molecule has 0 aliphatic carbocycles. The van der Waals surface area contributed by atoms with E-state index < -0.39 is 23.8 Å². The van der Waals surface area contributed by atoms with Crippen LogP contribution in [0.3, 0.4) is 0 Å². The molecule has 9 heteroatoms. The van der Waals surface area contributed by atoms with Crippen LogP contribution in [0.4, 0.5) is 0 Å². The molecule has 3 amide bonds. The van der Waals surface area contributed by atoms with Crippen LogP contribution in [0.15, 0.2) is 11.4 Å². The number of carbonyl (C=O) groups excluding carboxylic acids is 3. The van der Waals surface area contributed by atoms with Gasteiger partial charge >= 0.3 is 0 Å². The third-order valence-electron chi connectivity index (χ3n) is 2.79. The van der Waals surface area contributed by atoms with Gasteiger partial charge in [-0.3, -0.25) is 19.7 Å². The number of imide groups is 1. The van der Waals surface area contributed by atoms with Crippen molar-refractivity contribution in [3.8, 4) is 0 Å². The van der Waals surface area contributed by atoms with Crippen molar-refractivity contribution in [3.63, 3.8) is 0 Å². The van der Waals surface area contributed by atoms with Crippen LogP contribution in [-0.4, -0.2) is 51.4 Å². The number of amides is 3. The van der Waals surface area contributed by atoms with Gasteiger partial charge in [0, 0.05) is 0 Å². The lowest BCUT2D eigenvalue weighted by Crippen LogP contribution is -2.58. The Bertz CT molecular complexity index is 595. The highest BCUT2D eigenvalue weighted by molar-refractivity contribution is 7.98. The molecular formula is C11H11ClN4O3S. The van der Waals surface area contributed by atoms with Gasteiger partial charge in [0.2, 0.25) is 11.8 Å². The smallest absolute Gasteiger partial charge is 0.275 e. The number of piperazine rings is 1. The summed E-state index contributed by atoms with van der Waals surface area (Å²) in [6.45, 7) is 1.32. The minimum absolute atomic E-state index is 0.0135. The largest absolute Gasteiger partial charge is 0.316 e. The zero-order valence-corrected chi connectivity index (χ0v) is 12.3. The van der Waals surface area contributed by atoms with Crippen LogP contribution < -0.4 is 5.32 Å². The first-order valence-electron chi connectivity index (χ1n) is 5.65. The van der Waals surface area contributed by atoms with Gasteiger partial charge in [-0.05, 0) is 13.2 Å². The number of aromatic nitrogens is 2. The fraction of sp³-hybridized carbons (Fsp3) is 0.364. The molecule has 1 atom stereocenters. The van der Waals surface area contributed by atoms with Crippen molar-refractivity contribution < 1.29 is 14.4 Å². The Morgan fingerprint density at radius 1 is 1.55 bits per heavy atom. The topological polar surface area (TPSA) is 92.3 Å². The van der Waals surface area contributed by atoms with Gasteiger partial charge in [-0.15, -0.1) is 0 Å². The van der Waals surface area contributed by atoms with E-state index in [1.165, 1.54) is 24.9 Å². The van der Waals surface area contributed by atoms with Gasteiger partial charge in [-0.25, -0.2) is 9.97 Å². The van der Waals surface area contributed by atoms with Crippen LogP contribution in [0, 0.1) is 0 Å². The average molecular weight is 315 g/mol.